The lowest BCUT2D eigenvalue weighted by molar-refractivity contribution is -0.129. The Hall–Kier alpha value is -3.47. The number of rotatable bonds is 9. The highest BCUT2D eigenvalue weighted by atomic mass is 16.2. The first-order valence-corrected chi connectivity index (χ1v) is 10.7. The maximum absolute atomic E-state index is 13.0. The summed E-state index contributed by atoms with van der Waals surface area (Å²) in [5, 5.41) is 5.81. The highest BCUT2D eigenvalue weighted by molar-refractivity contribution is 5.88. The number of carbonyl (C=O) groups excluding carboxylic acids is 2. The van der Waals surface area contributed by atoms with E-state index in [0.717, 1.165) is 28.8 Å². The summed E-state index contributed by atoms with van der Waals surface area (Å²) >= 11 is 0. The Bertz CT molecular complexity index is 971. The maximum atomic E-state index is 13.0. The Morgan fingerprint density at radius 2 is 1.55 bits per heavy atom. The van der Waals surface area contributed by atoms with E-state index in [1.807, 2.05) is 72.8 Å². The van der Waals surface area contributed by atoms with Crippen LogP contribution in [0.15, 0.2) is 79.0 Å². The Kier molecular flexibility index (Phi) is 7.93. The number of amides is 2. The molecule has 160 valence electrons. The van der Waals surface area contributed by atoms with Gasteiger partial charge < -0.3 is 10.6 Å². The lowest BCUT2D eigenvalue weighted by atomic mass is 10.00. The van der Waals surface area contributed by atoms with E-state index in [0.29, 0.717) is 18.9 Å². The molecule has 0 bridgehead atoms. The fourth-order valence-electron chi connectivity index (χ4n) is 3.23. The maximum Gasteiger partial charge on any atom is 0.247 e. The fourth-order valence-corrected chi connectivity index (χ4v) is 3.23. The molecule has 2 amide bonds. The first-order valence-electron chi connectivity index (χ1n) is 10.7. The molecule has 0 unspecified atom stereocenters. The molecule has 31 heavy (non-hydrogen) atoms. The number of carbonyl (C=O) groups is 2. The zero-order chi connectivity index (χ0) is 22.1. The summed E-state index contributed by atoms with van der Waals surface area (Å²) in [4.78, 5) is 29.7. The number of nitrogens with one attached hydrogen (secondary N) is 2. The van der Waals surface area contributed by atoms with Crippen LogP contribution in [0.2, 0.25) is 0 Å². The van der Waals surface area contributed by atoms with E-state index in [1.54, 1.807) is 6.20 Å². The van der Waals surface area contributed by atoms with E-state index in [1.165, 1.54) is 0 Å². The Labute approximate surface area is 183 Å². The average Bonchev–Trinajstić information content (AvgIpc) is 2.81. The number of hydrogen-bond donors (Lipinski definition) is 2. The lowest BCUT2D eigenvalue weighted by Crippen LogP contribution is -2.40. The summed E-state index contributed by atoms with van der Waals surface area (Å²) in [5.41, 5.74) is 3.67. The van der Waals surface area contributed by atoms with Crippen molar-refractivity contribution in [2.45, 2.75) is 39.3 Å². The third-order valence-corrected chi connectivity index (χ3v) is 5.04. The molecule has 0 aliphatic carbocycles. The van der Waals surface area contributed by atoms with Gasteiger partial charge in [-0.1, -0.05) is 74.5 Å². The van der Waals surface area contributed by atoms with Crippen LogP contribution in [0, 0.1) is 5.92 Å². The third kappa shape index (κ3) is 6.78. The van der Waals surface area contributed by atoms with Crippen LogP contribution in [-0.2, 0) is 16.1 Å². The van der Waals surface area contributed by atoms with Crippen molar-refractivity contribution in [1.29, 1.82) is 0 Å². The molecular weight excluding hydrogens is 386 g/mol. The van der Waals surface area contributed by atoms with Crippen LogP contribution in [0.3, 0.4) is 0 Å². The van der Waals surface area contributed by atoms with Crippen molar-refractivity contribution in [2.24, 2.45) is 5.92 Å². The lowest BCUT2D eigenvalue weighted by Gasteiger charge is -2.20. The number of hydrogen-bond acceptors (Lipinski definition) is 3. The van der Waals surface area contributed by atoms with E-state index in [4.69, 9.17) is 0 Å². The third-order valence-electron chi connectivity index (χ3n) is 5.04. The van der Waals surface area contributed by atoms with Gasteiger partial charge in [0.2, 0.25) is 11.8 Å². The van der Waals surface area contributed by atoms with Gasteiger partial charge in [-0.3, -0.25) is 14.6 Å². The van der Waals surface area contributed by atoms with Crippen LogP contribution in [0.25, 0.3) is 11.1 Å². The zero-order valence-corrected chi connectivity index (χ0v) is 18.0. The largest absolute Gasteiger partial charge is 0.348 e. The zero-order valence-electron chi connectivity index (χ0n) is 18.0. The number of benzene rings is 2. The second kappa shape index (κ2) is 11.1. The van der Waals surface area contributed by atoms with E-state index in [-0.39, 0.29) is 11.8 Å². The van der Waals surface area contributed by atoms with E-state index < -0.39 is 6.04 Å². The van der Waals surface area contributed by atoms with Crippen molar-refractivity contribution < 1.29 is 9.59 Å². The highest BCUT2D eigenvalue weighted by Crippen LogP contribution is 2.22. The summed E-state index contributed by atoms with van der Waals surface area (Å²) in [7, 11) is 0. The normalized spacial score (nSPS) is 11.7. The van der Waals surface area contributed by atoms with Gasteiger partial charge in [0.25, 0.3) is 0 Å². The van der Waals surface area contributed by atoms with Crippen molar-refractivity contribution >= 4 is 11.8 Å². The van der Waals surface area contributed by atoms with E-state index in [2.05, 4.69) is 29.5 Å². The number of aromatic nitrogens is 1. The minimum absolute atomic E-state index is 0.126. The van der Waals surface area contributed by atoms with Crippen LogP contribution in [0.5, 0.6) is 0 Å². The topological polar surface area (TPSA) is 71.1 Å². The van der Waals surface area contributed by atoms with Gasteiger partial charge in [0, 0.05) is 12.6 Å². The molecule has 1 atom stereocenters. The molecule has 5 heteroatoms. The Morgan fingerprint density at radius 3 is 2.19 bits per heavy atom. The molecule has 0 radical (unpaired) electrons. The molecule has 5 nitrogen and oxygen atoms in total. The van der Waals surface area contributed by atoms with Gasteiger partial charge in [0.15, 0.2) is 0 Å². The summed E-state index contributed by atoms with van der Waals surface area (Å²) in [6.07, 6.45) is 2.86. The molecule has 0 fully saturated rings. The van der Waals surface area contributed by atoms with Crippen molar-refractivity contribution in [3.8, 4) is 11.1 Å². The minimum Gasteiger partial charge on any atom is -0.348 e. The van der Waals surface area contributed by atoms with E-state index >= 15 is 0 Å². The molecule has 2 aromatic carbocycles. The highest BCUT2D eigenvalue weighted by Gasteiger charge is 2.23. The van der Waals surface area contributed by atoms with Crippen molar-refractivity contribution in [3.05, 3.63) is 90.3 Å². The predicted octanol–water partition coefficient (Wildman–Crippen LogP) is 4.66. The van der Waals surface area contributed by atoms with Gasteiger partial charge in [0.1, 0.15) is 6.04 Å². The van der Waals surface area contributed by atoms with Crippen LogP contribution in [0.1, 0.15) is 44.0 Å². The van der Waals surface area contributed by atoms with Crippen LogP contribution in [0.4, 0.5) is 0 Å². The SMILES string of the molecule is CC(C)CCC(=O)N[C@@H](C(=O)NCc1ccccn1)c1ccc(-c2ccccc2)cc1. The van der Waals surface area contributed by atoms with Gasteiger partial charge in [0.05, 0.1) is 12.2 Å². The molecule has 1 aromatic heterocycles. The monoisotopic (exact) mass is 415 g/mol. The summed E-state index contributed by atoms with van der Waals surface area (Å²) < 4.78 is 0. The van der Waals surface area contributed by atoms with Gasteiger partial charge in [-0.05, 0) is 41.2 Å². The van der Waals surface area contributed by atoms with Gasteiger partial charge in [-0.2, -0.15) is 0 Å². The smallest absolute Gasteiger partial charge is 0.247 e. The second-order valence-corrected chi connectivity index (χ2v) is 7.96. The van der Waals surface area contributed by atoms with Gasteiger partial charge in [-0.25, -0.2) is 0 Å². The van der Waals surface area contributed by atoms with Crippen molar-refractivity contribution in [3.63, 3.8) is 0 Å². The molecule has 0 aliphatic rings. The van der Waals surface area contributed by atoms with E-state index in [9.17, 15) is 9.59 Å². The molecule has 0 saturated heterocycles. The van der Waals surface area contributed by atoms with Gasteiger partial charge >= 0.3 is 0 Å². The van der Waals surface area contributed by atoms with Gasteiger partial charge in [-0.15, -0.1) is 0 Å². The fraction of sp³-hybridized carbons (Fsp3) is 0.269. The molecule has 3 aromatic rings. The van der Waals surface area contributed by atoms with Crippen molar-refractivity contribution in [2.75, 3.05) is 0 Å². The first-order chi connectivity index (χ1) is 15.0. The van der Waals surface area contributed by atoms with Crippen LogP contribution < -0.4 is 10.6 Å². The van der Waals surface area contributed by atoms with Crippen LogP contribution >= 0.6 is 0 Å². The minimum atomic E-state index is -0.756. The number of nitrogens with zero attached hydrogens (tertiary/aromatic N) is 1. The molecule has 0 saturated carbocycles. The Balaban J connectivity index is 1.75. The first kappa shape index (κ1) is 22.2. The average molecular weight is 416 g/mol. The summed E-state index contributed by atoms with van der Waals surface area (Å²) in [5.74, 6) is 0.0437. The molecule has 3 rings (SSSR count). The van der Waals surface area contributed by atoms with Crippen molar-refractivity contribution in [1.82, 2.24) is 15.6 Å². The second-order valence-electron chi connectivity index (χ2n) is 7.96. The molecular formula is C26H29N3O2. The molecule has 2 N–H and O–H groups in total. The summed E-state index contributed by atoms with van der Waals surface area (Å²) in [6.45, 7) is 4.46. The predicted molar refractivity (Wildman–Crippen MR) is 123 cm³/mol. The van der Waals surface area contributed by atoms with Crippen LogP contribution in [-0.4, -0.2) is 16.8 Å². The standard InChI is InChI=1S/C26H29N3O2/c1-19(2)11-16-24(30)29-25(26(31)28-18-23-10-6-7-17-27-23)22-14-12-21(13-15-22)20-8-4-3-5-9-20/h3-10,12-15,17,19,25H,11,16,18H2,1-2H3,(H,28,31)(H,29,30)/t25-/m1/s1. The molecule has 0 aliphatic heterocycles. The number of pyridine rings is 1. The molecule has 0 spiro atoms. The quantitative estimate of drug-likeness (QED) is 0.534. The summed E-state index contributed by atoms with van der Waals surface area (Å²) in [6, 6.07) is 22.6. The Morgan fingerprint density at radius 1 is 0.871 bits per heavy atom. The molecule has 1 heterocycles.